The maximum absolute atomic E-state index is 10.9. The van der Waals surface area contributed by atoms with Gasteiger partial charge in [-0.1, -0.05) is 32.9 Å². The van der Waals surface area contributed by atoms with Crippen LogP contribution in [0.15, 0.2) is 24.3 Å². The summed E-state index contributed by atoms with van der Waals surface area (Å²) in [7, 11) is 0. The molecule has 0 fully saturated rings. The van der Waals surface area contributed by atoms with Crippen LogP contribution in [-0.2, 0) is 9.59 Å². The number of carboxylic acids is 2. The van der Waals surface area contributed by atoms with Gasteiger partial charge in [0.05, 0.1) is 5.92 Å². The molecule has 0 aliphatic heterocycles. The number of hydrogen-bond donors (Lipinski definition) is 2. The van der Waals surface area contributed by atoms with Crippen LogP contribution >= 0.6 is 0 Å². The highest BCUT2D eigenvalue weighted by Crippen LogP contribution is 2.21. The van der Waals surface area contributed by atoms with Crippen LogP contribution in [0.4, 0.5) is 5.69 Å². The molecule has 0 amide bonds. The predicted molar refractivity (Wildman–Crippen MR) is 77.2 cm³/mol. The molecule has 1 unspecified atom stereocenters. The van der Waals surface area contributed by atoms with E-state index in [0.29, 0.717) is 5.92 Å². The lowest BCUT2D eigenvalue weighted by Crippen LogP contribution is -2.35. The number of anilines is 1. The number of carboxylic acid groups (broad SMARTS) is 2. The van der Waals surface area contributed by atoms with Crippen molar-refractivity contribution in [3.63, 3.8) is 0 Å². The summed E-state index contributed by atoms with van der Waals surface area (Å²) in [6, 6.07) is 7.57. The van der Waals surface area contributed by atoms with E-state index in [9.17, 15) is 9.59 Å². The van der Waals surface area contributed by atoms with Gasteiger partial charge < -0.3 is 15.1 Å². The lowest BCUT2D eigenvalue weighted by molar-refractivity contribution is -0.141. The Bertz CT molecular complexity index is 467. The van der Waals surface area contributed by atoms with Gasteiger partial charge in [-0.15, -0.1) is 0 Å². The Labute approximate surface area is 118 Å². The molecule has 0 aliphatic rings. The van der Waals surface area contributed by atoms with Gasteiger partial charge in [-0.05, 0) is 23.6 Å². The summed E-state index contributed by atoms with van der Waals surface area (Å²) in [5.41, 5.74) is 1.89. The van der Waals surface area contributed by atoms with Gasteiger partial charge in [0.1, 0.15) is 6.54 Å². The van der Waals surface area contributed by atoms with Crippen molar-refractivity contribution >= 4 is 17.6 Å². The predicted octanol–water partition coefficient (Wildman–Crippen LogP) is 2.42. The second-order valence-electron chi connectivity index (χ2n) is 5.26. The summed E-state index contributed by atoms with van der Waals surface area (Å²) >= 11 is 0. The third-order valence-electron chi connectivity index (χ3n) is 3.17. The van der Waals surface area contributed by atoms with Crippen LogP contribution in [0.3, 0.4) is 0 Å². The van der Waals surface area contributed by atoms with Crippen LogP contribution in [-0.4, -0.2) is 35.2 Å². The molecule has 1 aromatic carbocycles. The van der Waals surface area contributed by atoms with Gasteiger partial charge in [0.25, 0.3) is 0 Å². The molecule has 0 saturated carbocycles. The van der Waals surface area contributed by atoms with Crippen molar-refractivity contribution in [2.45, 2.75) is 26.7 Å². The van der Waals surface area contributed by atoms with Crippen molar-refractivity contribution in [3.05, 3.63) is 29.8 Å². The maximum atomic E-state index is 10.9. The molecule has 5 heteroatoms. The first-order chi connectivity index (χ1) is 9.31. The third-order valence-corrected chi connectivity index (χ3v) is 3.17. The minimum absolute atomic E-state index is 0.169. The minimum atomic E-state index is -0.976. The molecule has 5 nitrogen and oxygen atoms in total. The molecule has 0 aliphatic carbocycles. The molecular weight excluding hydrogens is 258 g/mol. The van der Waals surface area contributed by atoms with Crippen molar-refractivity contribution in [2.75, 3.05) is 18.0 Å². The minimum Gasteiger partial charge on any atom is -0.481 e. The fourth-order valence-corrected chi connectivity index (χ4v) is 1.90. The van der Waals surface area contributed by atoms with E-state index in [-0.39, 0.29) is 13.1 Å². The van der Waals surface area contributed by atoms with E-state index in [0.717, 1.165) is 11.3 Å². The van der Waals surface area contributed by atoms with Crippen LogP contribution in [0.1, 0.15) is 32.3 Å². The number of aliphatic carboxylic acids is 2. The van der Waals surface area contributed by atoms with Gasteiger partial charge in [0, 0.05) is 12.2 Å². The van der Waals surface area contributed by atoms with E-state index in [4.69, 9.17) is 10.2 Å². The fraction of sp³-hybridized carbons (Fsp3) is 0.467. The molecule has 1 atom stereocenters. The number of rotatable bonds is 7. The smallest absolute Gasteiger partial charge is 0.323 e. The quantitative estimate of drug-likeness (QED) is 0.801. The van der Waals surface area contributed by atoms with Gasteiger partial charge in [-0.3, -0.25) is 9.59 Å². The van der Waals surface area contributed by atoms with Gasteiger partial charge in [-0.25, -0.2) is 0 Å². The van der Waals surface area contributed by atoms with Crippen molar-refractivity contribution in [1.29, 1.82) is 0 Å². The fourth-order valence-electron chi connectivity index (χ4n) is 1.90. The Hall–Kier alpha value is -2.04. The first-order valence-electron chi connectivity index (χ1n) is 6.60. The van der Waals surface area contributed by atoms with E-state index in [2.05, 4.69) is 13.8 Å². The normalized spacial score (nSPS) is 12.2. The Morgan fingerprint density at radius 1 is 1.10 bits per heavy atom. The molecule has 110 valence electrons. The number of benzene rings is 1. The first kappa shape index (κ1) is 16.0. The van der Waals surface area contributed by atoms with Crippen LogP contribution in [0.2, 0.25) is 0 Å². The lowest BCUT2D eigenvalue weighted by Gasteiger charge is -2.25. The average Bonchev–Trinajstić information content (AvgIpc) is 2.37. The van der Waals surface area contributed by atoms with Crippen molar-refractivity contribution in [1.82, 2.24) is 0 Å². The van der Waals surface area contributed by atoms with E-state index >= 15 is 0 Å². The molecule has 0 radical (unpaired) electrons. The molecule has 0 aromatic heterocycles. The summed E-state index contributed by atoms with van der Waals surface area (Å²) in [6.45, 7) is 5.69. The van der Waals surface area contributed by atoms with E-state index in [1.54, 1.807) is 11.8 Å². The van der Waals surface area contributed by atoms with Crippen molar-refractivity contribution in [2.24, 2.45) is 5.92 Å². The summed E-state index contributed by atoms with van der Waals surface area (Å²) in [4.78, 5) is 23.4. The maximum Gasteiger partial charge on any atom is 0.323 e. The van der Waals surface area contributed by atoms with E-state index in [1.165, 1.54) is 0 Å². The Morgan fingerprint density at radius 3 is 2.05 bits per heavy atom. The molecule has 1 aromatic rings. The highest BCUT2D eigenvalue weighted by atomic mass is 16.4. The molecular formula is C15H21NO4. The summed E-state index contributed by atoms with van der Waals surface area (Å²) in [5, 5.41) is 17.9. The molecule has 0 heterocycles. The molecule has 20 heavy (non-hydrogen) atoms. The number of hydrogen-bond acceptors (Lipinski definition) is 3. The van der Waals surface area contributed by atoms with Crippen LogP contribution in [0.5, 0.6) is 0 Å². The molecule has 0 spiro atoms. The topological polar surface area (TPSA) is 77.8 Å². The van der Waals surface area contributed by atoms with E-state index < -0.39 is 17.9 Å². The Balaban J connectivity index is 2.92. The standard InChI is InChI=1S/C15H21NO4/c1-10(2)12-4-6-13(7-5-12)16(9-14(17)18)8-11(3)15(19)20/h4-7,10-11H,8-9H2,1-3H3,(H,17,18)(H,19,20). The second-order valence-corrected chi connectivity index (χ2v) is 5.26. The summed E-state index contributed by atoms with van der Waals surface area (Å²) in [6.07, 6.45) is 0. The van der Waals surface area contributed by atoms with Crippen LogP contribution in [0, 0.1) is 5.92 Å². The third kappa shape index (κ3) is 4.57. The molecule has 0 saturated heterocycles. The van der Waals surface area contributed by atoms with Crippen molar-refractivity contribution in [3.8, 4) is 0 Å². The van der Waals surface area contributed by atoms with Gasteiger partial charge in [-0.2, -0.15) is 0 Å². The highest BCUT2D eigenvalue weighted by molar-refractivity contribution is 5.75. The SMILES string of the molecule is CC(CN(CC(=O)O)c1ccc(C(C)C)cc1)C(=O)O. The lowest BCUT2D eigenvalue weighted by atomic mass is 10.0. The molecule has 1 rings (SSSR count). The van der Waals surface area contributed by atoms with Gasteiger partial charge >= 0.3 is 11.9 Å². The number of carbonyl (C=O) groups is 2. The highest BCUT2D eigenvalue weighted by Gasteiger charge is 2.18. The Kier molecular flexibility index (Phi) is 5.55. The number of nitrogens with zero attached hydrogens (tertiary/aromatic N) is 1. The first-order valence-corrected chi connectivity index (χ1v) is 6.60. The molecule has 0 bridgehead atoms. The zero-order valence-electron chi connectivity index (χ0n) is 12.0. The van der Waals surface area contributed by atoms with Crippen LogP contribution < -0.4 is 4.90 Å². The van der Waals surface area contributed by atoms with Crippen LogP contribution in [0.25, 0.3) is 0 Å². The van der Waals surface area contributed by atoms with Gasteiger partial charge in [0.2, 0.25) is 0 Å². The second kappa shape index (κ2) is 6.93. The van der Waals surface area contributed by atoms with E-state index in [1.807, 2.05) is 24.3 Å². The monoisotopic (exact) mass is 279 g/mol. The zero-order valence-corrected chi connectivity index (χ0v) is 12.0. The molecule has 2 N–H and O–H groups in total. The summed E-state index contributed by atoms with van der Waals surface area (Å²) in [5.74, 6) is -2.14. The largest absolute Gasteiger partial charge is 0.481 e. The zero-order chi connectivity index (χ0) is 15.3. The van der Waals surface area contributed by atoms with Gasteiger partial charge in [0.15, 0.2) is 0 Å². The summed E-state index contributed by atoms with van der Waals surface area (Å²) < 4.78 is 0. The average molecular weight is 279 g/mol. The Morgan fingerprint density at radius 2 is 1.65 bits per heavy atom. The van der Waals surface area contributed by atoms with Crippen molar-refractivity contribution < 1.29 is 19.8 Å².